The van der Waals surface area contributed by atoms with Crippen LogP contribution in [0.5, 0.6) is 0 Å². The lowest BCUT2D eigenvalue weighted by Gasteiger charge is -2.21. The summed E-state index contributed by atoms with van der Waals surface area (Å²) in [5.74, 6) is 0. The molecule has 0 aromatic carbocycles. The Balaban J connectivity index is 3.36. The Morgan fingerprint density at radius 2 is 1.80 bits per heavy atom. The van der Waals surface area contributed by atoms with Crippen molar-refractivity contribution in [2.75, 3.05) is 19.0 Å². The Kier molecular flexibility index (Phi) is 4.54. The zero-order chi connectivity index (χ0) is 8.20. The third-order valence-electron chi connectivity index (χ3n) is 1.45. The zero-order valence-electron chi connectivity index (χ0n) is 7.45. The van der Waals surface area contributed by atoms with Gasteiger partial charge in [0.1, 0.15) is 0 Å². The molecule has 0 fully saturated rings. The van der Waals surface area contributed by atoms with E-state index >= 15 is 0 Å². The molecular formula is C8H18BrN. The molecule has 0 saturated heterocycles. The van der Waals surface area contributed by atoms with Gasteiger partial charge in [0.15, 0.2) is 0 Å². The predicted molar refractivity (Wildman–Crippen MR) is 50.5 cm³/mol. The number of hydrogen-bond acceptors (Lipinski definition) is 1. The molecule has 0 unspecified atom stereocenters. The predicted octanol–water partition coefficient (Wildman–Crippen LogP) is 2.71. The van der Waals surface area contributed by atoms with E-state index in [1.54, 1.807) is 0 Å². The minimum Gasteiger partial charge on any atom is -0.297 e. The number of hydrogen-bond donors (Lipinski definition) is 0. The van der Waals surface area contributed by atoms with Gasteiger partial charge in [-0.15, -0.1) is 0 Å². The summed E-state index contributed by atoms with van der Waals surface area (Å²) < 4.78 is 0. The monoisotopic (exact) mass is 207 g/mol. The first-order chi connectivity index (χ1) is 4.45. The molecular weight excluding hydrogens is 190 g/mol. The minimum absolute atomic E-state index is 0.469. The fourth-order valence-electron chi connectivity index (χ4n) is 0.586. The third kappa shape index (κ3) is 6.56. The van der Waals surface area contributed by atoms with Gasteiger partial charge < -0.3 is 0 Å². The lowest BCUT2D eigenvalue weighted by molar-refractivity contribution is 0.292. The molecule has 0 aliphatic rings. The highest BCUT2D eigenvalue weighted by Gasteiger charge is 2.10. The molecule has 0 radical (unpaired) electrons. The molecule has 1 nitrogen and oxygen atoms in total. The van der Waals surface area contributed by atoms with Crippen molar-refractivity contribution >= 4 is 15.9 Å². The van der Waals surface area contributed by atoms with Crippen molar-refractivity contribution in [1.82, 2.24) is 4.90 Å². The molecule has 0 heterocycles. The maximum Gasteiger partial charge on any atom is 0.0539 e. The van der Waals surface area contributed by atoms with Crippen LogP contribution < -0.4 is 0 Å². The van der Waals surface area contributed by atoms with Crippen molar-refractivity contribution in [3.05, 3.63) is 0 Å². The van der Waals surface area contributed by atoms with Crippen LogP contribution in [-0.4, -0.2) is 23.9 Å². The third-order valence-corrected chi connectivity index (χ3v) is 2.30. The van der Waals surface area contributed by atoms with E-state index in [-0.39, 0.29) is 0 Å². The maximum absolute atomic E-state index is 3.41. The first-order valence-electron chi connectivity index (χ1n) is 3.70. The normalized spacial score (nSPS) is 12.6. The van der Waals surface area contributed by atoms with Crippen LogP contribution in [0.4, 0.5) is 0 Å². The molecule has 0 rings (SSSR count). The van der Waals surface area contributed by atoms with Crippen molar-refractivity contribution < 1.29 is 0 Å². The average molecular weight is 208 g/mol. The molecule has 0 aromatic heterocycles. The van der Waals surface area contributed by atoms with E-state index in [0.717, 1.165) is 5.45 Å². The van der Waals surface area contributed by atoms with E-state index in [0.29, 0.717) is 5.41 Å². The molecule has 0 spiro atoms. The summed E-state index contributed by atoms with van der Waals surface area (Å²) in [5.41, 5.74) is 1.44. The molecule has 0 bridgehead atoms. The van der Waals surface area contributed by atoms with Gasteiger partial charge >= 0.3 is 0 Å². The molecule has 62 valence electrons. The standard InChI is InChI=1S/C8H18BrN/c1-8(2,3)5-6-10(4)7-9/h5-7H2,1-4H3. The van der Waals surface area contributed by atoms with Crippen LogP contribution in [0.2, 0.25) is 0 Å². The van der Waals surface area contributed by atoms with Gasteiger partial charge in [0, 0.05) is 0 Å². The van der Waals surface area contributed by atoms with Crippen molar-refractivity contribution in [3.63, 3.8) is 0 Å². The van der Waals surface area contributed by atoms with Crippen LogP contribution in [0.15, 0.2) is 0 Å². The van der Waals surface area contributed by atoms with E-state index in [9.17, 15) is 0 Å². The lowest BCUT2D eigenvalue weighted by atomic mass is 9.92. The molecule has 0 saturated carbocycles. The Morgan fingerprint density at radius 1 is 1.30 bits per heavy atom. The van der Waals surface area contributed by atoms with Gasteiger partial charge in [0.2, 0.25) is 0 Å². The Hall–Kier alpha value is 0.440. The highest BCUT2D eigenvalue weighted by Crippen LogP contribution is 2.18. The van der Waals surface area contributed by atoms with E-state index in [2.05, 4.69) is 48.6 Å². The Bertz CT molecular complexity index is 85.7. The zero-order valence-corrected chi connectivity index (χ0v) is 9.03. The van der Waals surface area contributed by atoms with Gasteiger partial charge in [-0.3, -0.25) is 4.90 Å². The van der Waals surface area contributed by atoms with Crippen LogP contribution in [-0.2, 0) is 0 Å². The topological polar surface area (TPSA) is 3.24 Å². The fraction of sp³-hybridized carbons (Fsp3) is 1.00. The largest absolute Gasteiger partial charge is 0.297 e. The van der Waals surface area contributed by atoms with E-state index in [1.807, 2.05) is 0 Å². The molecule has 0 amide bonds. The molecule has 0 aliphatic heterocycles. The molecule has 0 N–H and O–H groups in total. The first-order valence-corrected chi connectivity index (χ1v) is 4.82. The quantitative estimate of drug-likeness (QED) is 0.509. The van der Waals surface area contributed by atoms with Crippen LogP contribution in [0, 0.1) is 5.41 Å². The van der Waals surface area contributed by atoms with E-state index in [1.165, 1.54) is 13.0 Å². The van der Waals surface area contributed by atoms with Crippen LogP contribution >= 0.6 is 15.9 Å². The fourth-order valence-corrected chi connectivity index (χ4v) is 0.837. The minimum atomic E-state index is 0.469. The van der Waals surface area contributed by atoms with Gasteiger partial charge in [0.25, 0.3) is 0 Å². The van der Waals surface area contributed by atoms with Crippen molar-refractivity contribution in [1.29, 1.82) is 0 Å². The SMILES string of the molecule is CN(CBr)CCC(C)(C)C. The summed E-state index contributed by atoms with van der Waals surface area (Å²) in [6, 6.07) is 0. The number of rotatable bonds is 3. The van der Waals surface area contributed by atoms with Gasteiger partial charge in [-0.2, -0.15) is 0 Å². The Labute approximate surface area is 72.9 Å². The number of alkyl halides is 1. The highest BCUT2D eigenvalue weighted by molar-refractivity contribution is 9.09. The summed E-state index contributed by atoms with van der Waals surface area (Å²) in [5, 5.41) is 0. The van der Waals surface area contributed by atoms with Gasteiger partial charge in [-0.1, -0.05) is 36.7 Å². The number of halogens is 1. The molecule has 0 aromatic rings. The summed E-state index contributed by atoms with van der Waals surface area (Å²) in [7, 11) is 2.13. The molecule has 10 heavy (non-hydrogen) atoms. The second kappa shape index (κ2) is 4.35. The average Bonchev–Trinajstić information content (AvgIpc) is 1.81. The van der Waals surface area contributed by atoms with Crippen LogP contribution in [0.1, 0.15) is 27.2 Å². The molecule has 0 aliphatic carbocycles. The second-order valence-electron chi connectivity index (χ2n) is 4.01. The van der Waals surface area contributed by atoms with Gasteiger partial charge in [0.05, 0.1) is 5.45 Å². The van der Waals surface area contributed by atoms with Crippen molar-refractivity contribution in [2.45, 2.75) is 27.2 Å². The molecule has 2 heteroatoms. The Morgan fingerprint density at radius 3 is 2.10 bits per heavy atom. The molecule has 0 atom stereocenters. The highest BCUT2D eigenvalue weighted by atomic mass is 79.9. The maximum atomic E-state index is 3.41. The van der Waals surface area contributed by atoms with E-state index < -0.39 is 0 Å². The van der Waals surface area contributed by atoms with Crippen LogP contribution in [0.25, 0.3) is 0 Å². The van der Waals surface area contributed by atoms with Crippen molar-refractivity contribution in [2.24, 2.45) is 5.41 Å². The summed E-state index contributed by atoms with van der Waals surface area (Å²) >= 11 is 3.41. The number of nitrogens with zero attached hydrogens (tertiary/aromatic N) is 1. The first kappa shape index (κ1) is 10.4. The van der Waals surface area contributed by atoms with Crippen LogP contribution in [0.3, 0.4) is 0 Å². The summed E-state index contributed by atoms with van der Waals surface area (Å²) in [4.78, 5) is 2.27. The smallest absolute Gasteiger partial charge is 0.0539 e. The van der Waals surface area contributed by atoms with Gasteiger partial charge in [-0.25, -0.2) is 0 Å². The lowest BCUT2D eigenvalue weighted by Crippen LogP contribution is -2.21. The van der Waals surface area contributed by atoms with E-state index in [4.69, 9.17) is 0 Å². The summed E-state index contributed by atoms with van der Waals surface area (Å²) in [6.07, 6.45) is 1.26. The van der Waals surface area contributed by atoms with Gasteiger partial charge in [-0.05, 0) is 25.4 Å². The summed E-state index contributed by atoms with van der Waals surface area (Å²) in [6.45, 7) is 7.99. The second-order valence-corrected chi connectivity index (χ2v) is 4.51. The van der Waals surface area contributed by atoms with Crippen molar-refractivity contribution in [3.8, 4) is 0 Å².